The Morgan fingerprint density at radius 3 is 2.11 bits per heavy atom. The van der Waals surface area contributed by atoms with E-state index in [9.17, 15) is 22.8 Å². The molecule has 2 atom stereocenters. The molecule has 1 aromatic carbocycles. The van der Waals surface area contributed by atoms with E-state index in [1.54, 1.807) is 33.8 Å². The molecule has 0 spiro atoms. The summed E-state index contributed by atoms with van der Waals surface area (Å²) in [6.45, 7) is 6.74. The maximum Gasteiger partial charge on any atom is 0.407 e. The van der Waals surface area contributed by atoms with E-state index in [-0.39, 0.29) is 36.1 Å². The molecule has 154 valence electrons. The summed E-state index contributed by atoms with van der Waals surface area (Å²) in [4.78, 5) is 24.2. The van der Waals surface area contributed by atoms with Crippen LogP contribution in [0.4, 0.5) is 13.2 Å². The van der Waals surface area contributed by atoms with Crippen LogP contribution in [0.25, 0.3) is 0 Å². The molecular weight excluding hydrogens is 371 g/mol. The number of rotatable bonds is 9. The lowest BCUT2D eigenvalue weighted by atomic mass is 9.96. The van der Waals surface area contributed by atoms with Crippen molar-refractivity contribution in [2.75, 3.05) is 6.54 Å². The van der Waals surface area contributed by atoms with Gasteiger partial charge in [0.2, 0.25) is 5.91 Å². The lowest BCUT2D eigenvalue weighted by molar-refractivity contribution is -0.161. The summed E-state index contributed by atoms with van der Waals surface area (Å²) < 4.78 is 41.1. The van der Waals surface area contributed by atoms with E-state index in [1.165, 1.54) is 24.3 Å². The third-order valence-corrected chi connectivity index (χ3v) is 4.11. The molecule has 0 radical (unpaired) electrons. The van der Waals surface area contributed by atoms with Crippen LogP contribution >= 0.6 is 0 Å². The zero-order chi connectivity index (χ0) is 21.5. The van der Waals surface area contributed by atoms with Gasteiger partial charge < -0.3 is 5.32 Å². The molecule has 0 heterocycles. The Bertz CT molecular complexity index is 707. The smallest absolute Gasteiger partial charge is 0.342 e. The minimum Gasteiger partial charge on any atom is -0.342 e. The molecule has 2 N–H and O–H groups in total. The first-order valence-corrected chi connectivity index (χ1v) is 9.09. The van der Waals surface area contributed by atoms with Gasteiger partial charge in [-0.2, -0.15) is 18.4 Å². The Balaban J connectivity index is 3.14. The number of ketones is 1. The van der Waals surface area contributed by atoms with Gasteiger partial charge in [-0.1, -0.05) is 52.0 Å². The standard InChI is InChI=1S/C20H26F3N3O2/c1-12(2)11-16(19(28)25-10-9-24)26-18(20(21,22)23)15-7-5-14(6-8-15)17(27)13(3)4/h5-8,12-13,16,18,26H,10-11H2,1-4H3,(H,25,28)/t16-,18-/m0/s1. The number of Topliss-reactive ketones (excluding diaryl/α,β-unsaturated/α-hetero) is 1. The second-order valence-corrected chi connectivity index (χ2v) is 7.34. The second kappa shape index (κ2) is 10.2. The second-order valence-electron chi connectivity index (χ2n) is 7.34. The number of amides is 1. The predicted molar refractivity (Wildman–Crippen MR) is 99.4 cm³/mol. The van der Waals surface area contributed by atoms with Gasteiger partial charge in [0.1, 0.15) is 12.6 Å². The summed E-state index contributed by atoms with van der Waals surface area (Å²) in [5, 5.41) is 13.3. The van der Waals surface area contributed by atoms with Gasteiger partial charge in [-0.3, -0.25) is 14.9 Å². The number of benzene rings is 1. The molecule has 0 aliphatic heterocycles. The van der Waals surface area contributed by atoms with E-state index in [2.05, 4.69) is 10.6 Å². The zero-order valence-corrected chi connectivity index (χ0v) is 16.4. The third-order valence-electron chi connectivity index (χ3n) is 4.11. The minimum absolute atomic E-state index is 0.0368. The highest BCUT2D eigenvalue weighted by Gasteiger charge is 2.42. The summed E-state index contributed by atoms with van der Waals surface area (Å²) in [5.41, 5.74) is 0.250. The molecule has 0 saturated carbocycles. The van der Waals surface area contributed by atoms with Crippen LogP contribution in [0, 0.1) is 23.2 Å². The van der Waals surface area contributed by atoms with Crippen molar-refractivity contribution in [3.05, 3.63) is 35.4 Å². The summed E-state index contributed by atoms with van der Waals surface area (Å²) in [6.07, 6.45) is -4.47. The van der Waals surface area contributed by atoms with Crippen LogP contribution in [0.1, 0.15) is 56.1 Å². The SMILES string of the molecule is CC(C)C[C@H](N[C@@H](c1ccc(C(=O)C(C)C)cc1)C(F)(F)F)C(=O)NCC#N. The van der Waals surface area contributed by atoms with Crippen molar-refractivity contribution in [3.8, 4) is 6.07 Å². The van der Waals surface area contributed by atoms with Crippen molar-refractivity contribution >= 4 is 11.7 Å². The van der Waals surface area contributed by atoms with Crippen LogP contribution < -0.4 is 10.6 Å². The zero-order valence-electron chi connectivity index (χ0n) is 16.4. The van der Waals surface area contributed by atoms with Crippen LogP contribution in [0.15, 0.2) is 24.3 Å². The molecule has 1 rings (SSSR count). The molecule has 0 saturated heterocycles. The number of hydrogen-bond donors (Lipinski definition) is 2. The van der Waals surface area contributed by atoms with Crippen molar-refractivity contribution in [1.82, 2.24) is 10.6 Å². The average Bonchev–Trinajstić information content (AvgIpc) is 2.61. The summed E-state index contributed by atoms with van der Waals surface area (Å²) in [6, 6.07) is 3.78. The topological polar surface area (TPSA) is 82.0 Å². The molecule has 1 aromatic rings. The van der Waals surface area contributed by atoms with Gasteiger partial charge in [0.05, 0.1) is 12.1 Å². The first kappa shape index (κ1) is 23.6. The highest BCUT2D eigenvalue weighted by atomic mass is 19.4. The lowest BCUT2D eigenvalue weighted by Gasteiger charge is -2.28. The first-order chi connectivity index (χ1) is 13.0. The van der Waals surface area contributed by atoms with E-state index < -0.39 is 24.2 Å². The van der Waals surface area contributed by atoms with E-state index in [1.807, 2.05) is 0 Å². The van der Waals surface area contributed by atoms with Crippen LogP contribution in [-0.2, 0) is 4.79 Å². The molecular formula is C20H26F3N3O2. The van der Waals surface area contributed by atoms with Gasteiger partial charge in [0.25, 0.3) is 0 Å². The molecule has 0 fully saturated rings. The summed E-state index contributed by atoms with van der Waals surface area (Å²) >= 11 is 0. The number of nitrogens with one attached hydrogen (secondary N) is 2. The highest BCUT2D eigenvalue weighted by molar-refractivity contribution is 5.97. The van der Waals surface area contributed by atoms with Gasteiger partial charge in [0, 0.05) is 11.5 Å². The number of hydrogen-bond acceptors (Lipinski definition) is 4. The van der Waals surface area contributed by atoms with E-state index >= 15 is 0 Å². The Kier molecular flexibility index (Phi) is 8.64. The highest BCUT2D eigenvalue weighted by Crippen LogP contribution is 2.34. The quantitative estimate of drug-likeness (QED) is 0.491. The number of carbonyl (C=O) groups excluding carboxylic acids is 2. The minimum atomic E-state index is -4.64. The summed E-state index contributed by atoms with van der Waals surface area (Å²) in [7, 11) is 0. The number of nitriles is 1. The first-order valence-electron chi connectivity index (χ1n) is 9.09. The number of nitrogens with zero attached hydrogens (tertiary/aromatic N) is 1. The maximum atomic E-state index is 13.7. The molecule has 0 unspecified atom stereocenters. The molecule has 1 amide bonds. The molecule has 8 heteroatoms. The maximum absolute atomic E-state index is 13.7. The fourth-order valence-corrected chi connectivity index (χ4v) is 2.73. The van der Waals surface area contributed by atoms with Gasteiger partial charge in [-0.15, -0.1) is 0 Å². The van der Waals surface area contributed by atoms with E-state index in [4.69, 9.17) is 5.26 Å². The molecule has 0 aliphatic rings. The van der Waals surface area contributed by atoms with Crippen molar-refractivity contribution in [2.24, 2.45) is 11.8 Å². The lowest BCUT2D eigenvalue weighted by Crippen LogP contribution is -2.49. The Hall–Kier alpha value is -2.40. The van der Waals surface area contributed by atoms with Gasteiger partial charge in [-0.05, 0) is 17.9 Å². The van der Waals surface area contributed by atoms with Gasteiger partial charge in [-0.25, -0.2) is 0 Å². The molecule has 0 aliphatic carbocycles. The Labute approximate surface area is 163 Å². The molecule has 5 nitrogen and oxygen atoms in total. The Morgan fingerprint density at radius 1 is 1.11 bits per heavy atom. The van der Waals surface area contributed by atoms with Crippen LogP contribution in [0.2, 0.25) is 0 Å². The van der Waals surface area contributed by atoms with Crippen molar-refractivity contribution in [3.63, 3.8) is 0 Å². The monoisotopic (exact) mass is 397 g/mol. The average molecular weight is 397 g/mol. The van der Waals surface area contributed by atoms with Crippen molar-refractivity contribution in [1.29, 1.82) is 5.26 Å². The number of halogens is 3. The predicted octanol–water partition coefficient (Wildman–Crippen LogP) is 3.77. The molecule has 0 bridgehead atoms. The van der Waals surface area contributed by atoms with E-state index in [0.29, 0.717) is 5.56 Å². The third kappa shape index (κ3) is 6.97. The molecule has 0 aromatic heterocycles. The normalized spacial score (nSPS) is 13.9. The van der Waals surface area contributed by atoms with Crippen LogP contribution in [-0.4, -0.2) is 30.5 Å². The number of carbonyl (C=O) groups is 2. The van der Waals surface area contributed by atoms with E-state index in [0.717, 1.165) is 0 Å². The fraction of sp³-hybridized carbons (Fsp3) is 0.550. The molecule has 28 heavy (non-hydrogen) atoms. The van der Waals surface area contributed by atoms with Crippen LogP contribution in [0.3, 0.4) is 0 Å². The largest absolute Gasteiger partial charge is 0.407 e. The van der Waals surface area contributed by atoms with Crippen molar-refractivity contribution in [2.45, 2.75) is 52.4 Å². The van der Waals surface area contributed by atoms with Crippen LogP contribution in [0.5, 0.6) is 0 Å². The van der Waals surface area contributed by atoms with Gasteiger partial charge >= 0.3 is 6.18 Å². The van der Waals surface area contributed by atoms with Crippen molar-refractivity contribution < 1.29 is 22.8 Å². The number of alkyl halides is 3. The summed E-state index contributed by atoms with van der Waals surface area (Å²) in [5.74, 6) is -1.11. The van der Waals surface area contributed by atoms with Gasteiger partial charge in [0.15, 0.2) is 5.78 Å². The fourth-order valence-electron chi connectivity index (χ4n) is 2.73. The Morgan fingerprint density at radius 2 is 1.68 bits per heavy atom.